The van der Waals surface area contributed by atoms with Crippen molar-refractivity contribution in [1.82, 2.24) is 10.3 Å². The fourth-order valence-electron chi connectivity index (χ4n) is 1.61. The van der Waals surface area contributed by atoms with Gasteiger partial charge in [0.2, 0.25) is 5.91 Å². The standard InChI is InChI=1S/C13H21N3O/c1-3-10(2)16-13(17)11(7-8-14)12-6-4-5-9-15-12/h4-6,9-11H,3,7-8,14H2,1-2H3,(H,16,17). The van der Waals surface area contributed by atoms with E-state index >= 15 is 0 Å². The third kappa shape index (κ3) is 4.15. The Labute approximate surface area is 103 Å². The molecule has 2 atom stereocenters. The van der Waals surface area contributed by atoms with Crippen LogP contribution in [0.15, 0.2) is 24.4 Å². The van der Waals surface area contributed by atoms with Gasteiger partial charge in [-0.15, -0.1) is 0 Å². The van der Waals surface area contributed by atoms with Gasteiger partial charge in [-0.3, -0.25) is 9.78 Å². The monoisotopic (exact) mass is 235 g/mol. The number of nitrogens with zero attached hydrogens (tertiary/aromatic N) is 1. The Morgan fingerprint density at radius 2 is 2.29 bits per heavy atom. The van der Waals surface area contributed by atoms with E-state index in [9.17, 15) is 4.79 Å². The summed E-state index contributed by atoms with van der Waals surface area (Å²) in [4.78, 5) is 16.3. The lowest BCUT2D eigenvalue weighted by Crippen LogP contribution is -2.36. The molecule has 0 aliphatic carbocycles. The molecule has 1 aromatic rings. The highest BCUT2D eigenvalue weighted by atomic mass is 16.1. The van der Waals surface area contributed by atoms with Crippen LogP contribution < -0.4 is 11.1 Å². The van der Waals surface area contributed by atoms with E-state index in [-0.39, 0.29) is 17.9 Å². The average molecular weight is 235 g/mol. The van der Waals surface area contributed by atoms with Crippen LogP contribution in [0.3, 0.4) is 0 Å². The summed E-state index contributed by atoms with van der Waals surface area (Å²) >= 11 is 0. The van der Waals surface area contributed by atoms with E-state index in [1.807, 2.05) is 32.0 Å². The highest BCUT2D eigenvalue weighted by Gasteiger charge is 2.21. The zero-order valence-corrected chi connectivity index (χ0v) is 10.5. The molecule has 0 aliphatic rings. The van der Waals surface area contributed by atoms with E-state index in [4.69, 9.17) is 5.73 Å². The van der Waals surface area contributed by atoms with Crippen molar-refractivity contribution in [3.8, 4) is 0 Å². The van der Waals surface area contributed by atoms with Crippen molar-refractivity contribution in [1.29, 1.82) is 0 Å². The van der Waals surface area contributed by atoms with Gasteiger partial charge in [0.05, 0.1) is 11.6 Å². The van der Waals surface area contributed by atoms with Crippen LogP contribution in [-0.4, -0.2) is 23.5 Å². The number of aromatic nitrogens is 1. The summed E-state index contributed by atoms with van der Waals surface area (Å²) in [5, 5.41) is 2.98. The molecule has 0 spiro atoms. The van der Waals surface area contributed by atoms with Crippen molar-refractivity contribution in [3.05, 3.63) is 30.1 Å². The molecule has 1 rings (SSSR count). The molecule has 17 heavy (non-hydrogen) atoms. The lowest BCUT2D eigenvalue weighted by Gasteiger charge is -2.18. The van der Waals surface area contributed by atoms with E-state index < -0.39 is 0 Å². The summed E-state index contributed by atoms with van der Waals surface area (Å²) in [6.45, 7) is 4.52. The van der Waals surface area contributed by atoms with Crippen molar-refractivity contribution < 1.29 is 4.79 Å². The van der Waals surface area contributed by atoms with E-state index in [0.717, 1.165) is 12.1 Å². The average Bonchev–Trinajstić information content (AvgIpc) is 2.36. The first-order chi connectivity index (χ1) is 8.19. The number of hydrogen-bond acceptors (Lipinski definition) is 3. The molecule has 0 aromatic carbocycles. The number of rotatable bonds is 6. The van der Waals surface area contributed by atoms with Crippen LogP contribution in [-0.2, 0) is 4.79 Å². The van der Waals surface area contributed by atoms with Crippen LogP contribution in [0.1, 0.15) is 38.3 Å². The fraction of sp³-hybridized carbons (Fsp3) is 0.538. The SMILES string of the molecule is CCC(C)NC(=O)C(CCN)c1ccccn1. The summed E-state index contributed by atoms with van der Waals surface area (Å²) < 4.78 is 0. The van der Waals surface area contributed by atoms with Gasteiger partial charge < -0.3 is 11.1 Å². The smallest absolute Gasteiger partial charge is 0.229 e. The van der Waals surface area contributed by atoms with Gasteiger partial charge in [-0.1, -0.05) is 13.0 Å². The largest absolute Gasteiger partial charge is 0.353 e. The third-order valence-corrected chi connectivity index (χ3v) is 2.82. The fourth-order valence-corrected chi connectivity index (χ4v) is 1.61. The lowest BCUT2D eigenvalue weighted by atomic mass is 9.99. The van der Waals surface area contributed by atoms with Gasteiger partial charge in [0.15, 0.2) is 0 Å². The molecule has 4 heteroatoms. The first-order valence-corrected chi connectivity index (χ1v) is 6.10. The van der Waals surface area contributed by atoms with Crippen molar-refractivity contribution in [2.24, 2.45) is 5.73 Å². The molecule has 1 aromatic heterocycles. The molecule has 4 nitrogen and oxygen atoms in total. The Kier molecular flexibility index (Phi) is 5.63. The molecule has 0 bridgehead atoms. The quantitative estimate of drug-likeness (QED) is 0.783. The molecule has 0 fully saturated rings. The molecule has 1 amide bonds. The van der Waals surface area contributed by atoms with Crippen molar-refractivity contribution in [3.63, 3.8) is 0 Å². The molecule has 0 saturated carbocycles. The Balaban J connectivity index is 2.75. The Morgan fingerprint density at radius 1 is 1.53 bits per heavy atom. The molecule has 0 saturated heterocycles. The summed E-state index contributed by atoms with van der Waals surface area (Å²) in [5.41, 5.74) is 6.35. The predicted molar refractivity (Wildman–Crippen MR) is 68.5 cm³/mol. The van der Waals surface area contributed by atoms with E-state index in [1.165, 1.54) is 0 Å². The topological polar surface area (TPSA) is 68.0 Å². The second-order valence-electron chi connectivity index (χ2n) is 4.20. The van der Waals surface area contributed by atoms with Crippen molar-refractivity contribution >= 4 is 5.91 Å². The van der Waals surface area contributed by atoms with Crippen LogP contribution in [0.5, 0.6) is 0 Å². The van der Waals surface area contributed by atoms with Gasteiger partial charge >= 0.3 is 0 Å². The van der Waals surface area contributed by atoms with Gasteiger partial charge in [-0.05, 0) is 38.4 Å². The first-order valence-electron chi connectivity index (χ1n) is 6.10. The minimum atomic E-state index is -0.241. The van der Waals surface area contributed by atoms with Crippen molar-refractivity contribution in [2.45, 2.75) is 38.6 Å². The van der Waals surface area contributed by atoms with E-state index in [0.29, 0.717) is 13.0 Å². The number of hydrogen-bond donors (Lipinski definition) is 2. The maximum absolute atomic E-state index is 12.1. The van der Waals surface area contributed by atoms with Gasteiger partial charge in [-0.25, -0.2) is 0 Å². The molecular formula is C13H21N3O. The Morgan fingerprint density at radius 3 is 2.82 bits per heavy atom. The van der Waals surface area contributed by atoms with E-state index in [2.05, 4.69) is 10.3 Å². The third-order valence-electron chi connectivity index (χ3n) is 2.82. The number of carbonyl (C=O) groups excluding carboxylic acids is 1. The highest BCUT2D eigenvalue weighted by molar-refractivity contribution is 5.83. The maximum Gasteiger partial charge on any atom is 0.229 e. The number of carbonyl (C=O) groups is 1. The van der Waals surface area contributed by atoms with Gasteiger partial charge in [0, 0.05) is 12.2 Å². The van der Waals surface area contributed by atoms with Gasteiger partial charge in [0.1, 0.15) is 0 Å². The van der Waals surface area contributed by atoms with E-state index in [1.54, 1.807) is 6.20 Å². The zero-order chi connectivity index (χ0) is 12.7. The molecule has 1 heterocycles. The second-order valence-corrected chi connectivity index (χ2v) is 4.20. The summed E-state index contributed by atoms with van der Waals surface area (Å²) in [5.74, 6) is -0.223. The number of amides is 1. The van der Waals surface area contributed by atoms with Gasteiger partial charge in [0.25, 0.3) is 0 Å². The normalized spacial score (nSPS) is 14.1. The second kappa shape index (κ2) is 7.01. The van der Waals surface area contributed by atoms with Gasteiger partial charge in [-0.2, -0.15) is 0 Å². The molecule has 2 unspecified atom stereocenters. The number of pyridine rings is 1. The summed E-state index contributed by atoms with van der Waals surface area (Å²) in [7, 11) is 0. The minimum Gasteiger partial charge on any atom is -0.353 e. The van der Waals surface area contributed by atoms with Crippen LogP contribution in [0.25, 0.3) is 0 Å². The number of nitrogens with one attached hydrogen (secondary N) is 1. The highest BCUT2D eigenvalue weighted by Crippen LogP contribution is 2.17. The Hall–Kier alpha value is -1.42. The Bertz CT molecular complexity index is 340. The first kappa shape index (κ1) is 13.6. The molecule has 0 radical (unpaired) electrons. The van der Waals surface area contributed by atoms with Crippen LogP contribution in [0.4, 0.5) is 0 Å². The van der Waals surface area contributed by atoms with Crippen LogP contribution in [0.2, 0.25) is 0 Å². The van der Waals surface area contributed by atoms with Crippen molar-refractivity contribution in [2.75, 3.05) is 6.54 Å². The summed E-state index contributed by atoms with van der Waals surface area (Å²) in [6, 6.07) is 5.79. The lowest BCUT2D eigenvalue weighted by molar-refractivity contribution is -0.123. The molecule has 3 N–H and O–H groups in total. The molecule has 0 aliphatic heterocycles. The van der Waals surface area contributed by atoms with Crippen LogP contribution >= 0.6 is 0 Å². The number of nitrogens with two attached hydrogens (primary N) is 1. The maximum atomic E-state index is 12.1. The summed E-state index contributed by atoms with van der Waals surface area (Å²) in [6.07, 6.45) is 3.25. The molecule has 94 valence electrons. The minimum absolute atomic E-state index is 0.0171. The van der Waals surface area contributed by atoms with Crippen LogP contribution in [0, 0.1) is 0 Å². The zero-order valence-electron chi connectivity index (χ0n) is 10.5. The predicted octanol–water partition coefficient (Wildman–Crippen LogP) is 1.43. The molecular weight excluding hydrogens is 214 g/mol.